The summed E-state index contributed by atoms with van der Waals surface area (Å²) in [6.07, 6.45) is 1.72. The van der Waals surface area contributed by atoms with Gasteiger partial charge in [0.1, 0.15) is 0 Å². The number of hydrogen-bond donors (Lipinski definition) is 0. The SMILES string of the molecule is Clc1ccc(-c2nnc(SCc3ncc(-c4ccccc4)o3)o2)cc1. The third kappa shape index (κ3) is 3.75. The standard InChI is InChI=1S/C18H12ClN3O2S/c19-14-8-6-13(7-9-14)17-21-22-18(24-17)25-11-16-20-10-15(23-16)12-4-2-1-3-5-12/h1-10H,11H2. The Hall–Kier alpha value is -2.57. The van der Waals surface area contributed by atoms with Crippen LogP contribution in [0.2, 0.25) is 5.02 Å². The maximum absolute atomic E-state index is 5.88. The van der Waals surface area contributed by atoms with Crippen molar-refractivity contribution in [1.29, 1.82) is 0 Å². The van der Waals surface area contributed by atoms with Crippen LogP contribution in [0.15, 0.2) is 74.9 Å². The number of rotatable bonds is 5. The minimum absolute atomic E-state index is 0.455. The fraction of sp³-hybridized carbons (Fsp3) is 0.0556. The quantitative estimate of drug-likeness (QED) is 0.442. The molecule has 0 fully saturated rings. The van der Waals surface area contributed by atoms with E-state index in [1.54, 1.807) is 18.3 Å². The molecule has 2 heterocycles. The predicted molar refractivity (Wildman–Crippen MR) is 96.2 cm³/mol. The monoisotopic (exact) mass is 369 g/mol. The number of halogens is 1. The summed E-state index contributed by atoms with van der Waals surface area (Å²) >= 11 is 7.26. The van der Waals surface area contributed by atoms with E-state index in [-0.39, 0.29) is 0 Å². The molecule has 0 N–H and O–H groups in total. The molecule has 0 saturated carbocycles. The number of hydrogen-bond acceptors (Lipinski definition) is 6. The second-order valence-corrected chi connectivity index (χ2v) is 6.52. The molecular formula is C18H12ClN3O2S. The molecule has 0 spiro atoms. The summed E-state index contributed by atoms with van der Waals surface area (Å²) in [6, 6.07) is 17.1. The molecule has 2 aromatic heterocycles. The second-order valence-electron chi connectivity index (χ2n) is 5.15. The largest absolute Gasteiger partial charge is 0.440 e. The first-order valence-corrected chi connectivity index (χ1v) is 8.87. The zero-order valence-corrected chi connectivity index (χ0v) is 14.5. The van der Waals surface area contributed by atoms with Crippen LogP contribution in [0.25, 0.3) is 22.8 Å². The lowest BCUT2D eigenvalue weighted by atomic mass is 10.2. The number of nitrogens with zero attached hydrogens (tertiary/aromatic N) is 3. The summed E-state index contributed by atoms with van der Waals surface area (Å²) < 4.78 is 11.4. The molecule has 4 rings (SSSR count). The average molecular weight is 370 g/mol. The van der Waals surface area contributed by atoms with Crippen molar-refractivity contribution in [2.24, 2.45) is 0 Å². The third-order valence-corrected chi connectivity index (χ3v) is 4.48. The van der Waals surface area contributed by atoms with Gasteiger partial charge in [-0.3, -0.25) is 0 Å². The molecule has 0 aliphatic carbocycles. The molecule has 0 amide bonds. The van der Waals surface area contributed by atoms with Crippen molar-refractivity contribution in [2.75, 3.05) is 0 Å². The molecular weight excluding hydrogens is 358 g/mol. The molecule has 5 nitrogen and oxygen atoms in total. The average Bonchev–Trinajstić information content (AvgIpc) is 3.31. The van der Waals surface area contributed by atoms with Crippen LogP contribution in [-0.2, 0) is 5.75 Å². The first-order valence-electron chi connectivity index (χ1n) is 7.50. The molecule has 0 aliphatic heterocycles. The zero-order chi connectivity index (χ0) is 17.1. The second kappa shape index (κ2) is 7.13. The van der Waals surface area contributed by atoms with E-state index in [9.17, 15) is 0 Å². The Labute approximate surface area is 153 Å². The lowest BCUT2D eigenvalue weighted by molar-refractivity contribution is 0.464. The fourth-order valence-electron chi connectivity index (χ4n) is 2.21. The van der Waals surface area contributed by atoms with Gasteiger partial charge in [0.05, 0.1) is 11.9 Å². The van der Waals surface area contributed by atoms with Gasteiger partial charge in [-0.1, -0.05) is 53.7 Å². The molecule has 0 unspecified atom stereocenters. The van der Waals surface area contributed by atoms with Crippen molar-refractivity contribution in [3.8, 4) is 22.8 Å². The van der Waals surface area contributed by atoms with Gasteiger partial charge in [-0.2, -0.15) is 0 Å². The van der Waals surface area contributed by atoms with E-state index in [1.165, 1.54) is 11.8 Å². The lowest BCUT2D eigenvalue weighted by Gasteiger charge is -1.95. The molecule has 0 saturated heterocycles. The molecule has 2 aromatic carbocycles. The van der Waals surface area contributed by atoms with Crippen LogP contribution in [0.3, 0.4) is 0 Å². The summed E-state index contributed by atoms with van der Waals surface area (Å²) in [5.74, 6) is 2.31. The van der Waals surface area contributed by atoms with Crippen LogP contribution >= 0.6 is 23.4 Å². The molecule has 0 radical (unpaired) electrons. The maximum Gasteiger partial charge on any atom is 0.277 e. The highest BCUT2D eigenvalue weighted by molar-refractivity contribution is 7.98. The first-order chi connectivity index (χ1) is 12.3. The summed E-state index contributed by atoms with van der Waals surface area (Å²) in [6.45, 7) is 0. The summed E-state index contributed by atoms with van der Waals surface area (Å²) in [7, 11) is 0. The Morgan fingerprint density at radius 1 is 0.880 bits per heavy atom. The molecule has 25 heavy (non-hydrogen) atoms. The smallest absolute Gasteiger partial charge is 0.277 e. The number of aromatic nitrogens is 3. The summed E-state index contributed by atoms with van der Waals surface area (Å²) in [4.78, 5) is 4.29. The van der Waals surface area contributed by atoms with E-state index in [0.717, 1.165) is 16.9 Å². The van der Waals surface area contributed by atoms with Gasteiger partial charge in [0.2, 0.25) is 11.8 Å². The number of oxazole rings is 1. The highest BCUT2D eigenvalue weighted by Crippen LogP contribution is 2.27. The Bertz CT molecular complexity index is 967. The van der Waals surface area contributed by atoms with Gasteiger partial charge in [-0.25, -0.2) is 4.98 Å². The van der Waals surface area contributed by atoms with Crippen LogP contribution in [-0.4, -0.2) is 15.2 Å². The third-order valence-electron chi connectivity index (χ3n) is 3.43. The Morgan fingerprint density at radius 2 is 1.68 bits per heavy atom. The minimum atomic E-state index is 0.455. The Kier molecular flexibility index (Phi) is 4.54. The van der Waals surface area contributed by atoms with Crippen LogP contribution in [0, 0.1) is 0 Å². The zero-order valence-electron chi connectivity index (χ0n) is 12.9. The predicted octanol–water partition coefficient (Wildman–Crippen LogP) is 5.34. The van der Waals surface area contributed by atoms with Gasteiger partial charge >= 0.3 is 0 Å². The summed E-state index contributed by atoms with van der Waals surface area (Å²) in [5.41, 5.74) is 1.82. The normalized spacial score (nSPS) is 10.9. The fourth-order valence-corrected chi connectivity index (χ4v) is 2.96. The Morgan fingerprint density at radius 3 is 2.48 bits per heavy atom. The molecule has 4 aromatic rings. The van der Waals surface area contributed by atoms with E-state index >= 15 is 0 Å². The van der Waals surface area contributed by atoms with Crippen molar-refractivity contribution in [1.82, 2.24) is 15.2 Å². The topological polar surface area (TPSA) is 65.0 Å². The molecule has 0 atom stereocenters. The van der Waals surface area contributed by atoms with Crippen LogP contribution in [0.5, 0.6) is 0 Å². The number of benzene rings is 2. The van der Waals surface area contributed by atoms with Gasteiger partial charge in [0.15, 0.2) is 5.76 Å². The van der Waals surface area contributed by atoms with Gasteiger partial charge in [0.25, 0.3) is 5.22 Å². The van der Waals surface area contributed by atoms with Crippen molar-refractivity contribution in [2.45, 2.75) is 11.0 Å². The van der Waals surface area contributed by atoms with E-state index in [4.69, 9.17) is 20.4 Å². The highest BCUT2D eigenvalue weighted by Gasteiger charge is 2.12. The van der Waals surface area contributed by atoms with E-state index in [0.29, 0.717) is 27.8 Å². The minimum Gasteiger partial charge on any atom is -0.440 e. The van der Waals surface area contributed by atoms with Crippen LogP contribution < -0.4 is 0 Å². The first kappa shape index (κ1) is 15.9. The summed E-state index contributed by atoms with van der Waals surface area (Å²) in [5, 5.41) is 9.21. The molecule has 7 heteroatoms. The van der Waals surface area contributed by atoms with E-state index in [1.807, 2.05) is 42.5 Å². The molecule has 124 valence electrons. The van der Waals surface area contributed by atoms with Crippen LogP contribution in [0.1, 0.15) is 5.89 Å². The number of thioether (sulfide) groups is 1. The van der Waals surface area contributed by atoms with E-state index < -0.39 is 0 Å². The van der Waals surface area contributed by atoms with Crippen molar-refractivity contribution in [3.05, 3.63) is 71.7 Å². The lowest BCUT2D eigenvalue weighted by Crippen LogP contribution is -1.79. The van der Waals surface area contributed by atoms with Gasteiger partial charge in [-0.05, 0) is 24.3 Å². The maximum atomic E-state index is 5.88. The molecule has 0 bridgehead atoms. The van der Waals surface area contributed by atoms with Crippen molar-refractivity contribution in [3.63, 3.8) is 0 Å². The highest BCUT2D eigenvalue weighted by atomic mass is 35.5. The van der Waals surface area contributed by atoms with E-state index in [2.05, 4.69) is 15.2 Å². The van der Waals surface area contributed by atoms with Gasteiger partial charge < -0.3 is 8.83 Å². The Balaban J connectivity index is 1.42. The van der Waals surface area contributed by atoms with Crippen molar-refractivity contribution < 1.29 is 8.83 Å². The van der Waals surface area contributed by atoms with Crippen molar-refractivity contribution >= 4 is 23.4 Å². The van der Waals surface area contributed by atoms with Crippen LogP contribution in [0.4, 0.5) is 0 Å². The molecule has 0 aliphatic rings. The van der Waals surface area contributed by atoms with Gasteiger partial charge in [-0.15, -0.1) is 10.2 Å². The van der Waals surface area contributed by atoms with Gasteiger partial charge in [0, 0.05) is 16.1 Å².